The molecule has 50 valence electrons. The molecule has 0 rings (SSSR count). The van der Waals surface area contributed by atoms with Gasteiger partial charge in [-0.15, -0.1) is 0 Å². The van der Waals surface area contributed by atoms with Crippen molar-refractivity contribution in [2.45, 2.75) is 25.6 Å². The average Bonchev–Trinajstić information content (AvgIpc) is 1.67. The molecule has 0 spiro atoms. The number of hydrogen-bond acceptors (Lipinski definition) is 3. The monoisotopic (exact) mass is 120 g/mol. The smallest absolute Gasteiger partial charge is 0.110 e. The van der Waals surface area contributed by atoms with Gasteiger partial charge in [0.25, 0.3) is 0 Å². The summed E-state index contributed by atoms with van der Waals surface area (Å²) >= 11 is 0. The van der Waals surface area contributed by atoms with Crippen LogP contribution in [0.2, 0.25) is 0 Å². The summed E-state index contributed by atoms with van der Waals surface area (Å²) in [5.74, 6) is 0. The van der Waals surface area contributed by atoms with E-state index < -0.39 is 18.3 Å². The van der Waals surface area contributed by atoms with Gasteiger partial charge in [0.05, 0.1) is 12.7 Å². The molecule has 0 fully saturated rings. The molecule has 8 heavy (non-hydrogen) atoms. The second-order valence-electron chi connectivity index (χ2n) is 2.19. The lowest BCUT2D eigenvalue weighted by Gasteiger charge is -2.22. The standard InChI is InChI=1S/C5H12O3/c1-4(7)5(2,8)3-6/h4,6-8H,3H2,1-2H3/t4-,5+/m1/s1. The van der Waals surface area contributed by atoms with E-state index in [4.69, 9.17) is 15.3 Å². The average molecular weight is 120 g/mol. The first-order valence-corrected chi connectivity index (χ1v) is 2.52. The molecule has 0 unspecified atom stereocenters. The maximum Gasteiger partial charge on any atom is 0.110 e. The highest BCUT2D eigenvalue weighted by molar-refractivity contribution is 4.76. The highest BCUT2D eigenvalue weighted by Gasteiger charge is 2.24. The Bertz CT molecular complexity index is 68.1. The van der Waals surface area contributed by atoms with Gasteiger partial charge in [0.1, 0.15) is 5.60 Å². The third-order valence-corrected chi connectivity index (χ3v) is 1.22. The van der Waals surface area contributed by atoms with Crippen LogP contribution in [0.4, 0.5) is 0 Å². The Hall–Kier alpha value is -0.120. The maximum absolute atomic E-state index is 8.90. The highest BCUT2D eigenvalue weighted by Crippen LogP contribution is 2.06. The molecule has 0 bridgehead atoms. The van der Waals surface area contributed by atoms with Gasteiger partial charge in [-0.25, -0.2) is 0 Å². The quantitative estimate of drug-likeness (QED) is 0.443. The second kappa shape index (κ2) is 2.44. The van der Waals surface area contributed by atoms with Crippen molar-refractivity contribution in [1.29, 1.82) is 0 Å². The minimum Gasteiger partial charge on any atom is -0.393 e. The van der Waals surface area contributed by atoms with Crippen LogP contribution < -0.4 is 0 Å². The molecular weight excluding hydrogens is 108 g/mol. The molecule has 0 saturated carbocycles. The van der Waals surface area contributed by atoms with Gasteiger partial charge >= 0.3 is 0 Å². The Morgan fingerprint density at radius 3 is 2.00 bits per heavy atom. The number of aliphatic hydroxyl groups is 3. The summed E-state index contributed by atoms with van der Waals surface area (Å²) in [4.78, 5) is 0. The lowest BCUT2D eigenvalue weighted by atomic mass is 10.0. The zero-order valence-electron chi connectivity index (χ0n) is 5.13. The lowest BCUT2D eigenvalue weighted by molar-refractivity contribution is -0.0839. The Labute approximate surface area is 48.6 Å². The molecule has 0 aromatic rings. The Balaban J connectivity index is 3.71. The fourth-order valence-corrected chi connectivity index (χ4v) is 0.132. The molecule has 0 saturated heterocycles. The van der Waals surface area contributed by atoms with Gasteiger partial charge in [-0.1, -0.05) is 0 Å². The SMILES string of the molecule is C[C@@H](O)[C@@](C)(O)CO. The van der Waals surface area contributed by atoms with Crippen molar-refractivity contribution < 1.29 is 15.3 Å². The molecule has 0 aliphatic rings. The van der Waals surface area contributed by atoms with Crippen molar-refractivity contribution in [3.8, 4) is 0 Å². The van der Waals surface area contributed by atoms with Crippen molar-refractivity contribution in [2.75, 3.05) is 6.61 Å². The predicted octanol–water partition coefficient (Wildman–Crippen LogP) is -0.890. The zero-order valence-corrected chi connectivity index (χ0v) is 5.13. The number of rotatable bonds is 2. The fourth-order valence-electron chi connectivity index (χ4n) is 0.132. The summed E-state index contributed by atoms with van der Waals surface area (Å²) < 4.78 is 0. The van der Waals surface area contributed by atoms with Crippen molar-refractivity contribution in [3.63, 3.8) is 0 Å². The summed E-state index contributed by atoms with van der Waals surface area (Å²) in [6, 6.07) is 0. The molecule has 3 heteroatoms. The fraction of sp³-hybridized carbons (Fsp3) is 1.00. The van der Waals surface area contributed by atoms with Crippen molar-refractivity contribution in [3.05, 3.63) is 0 Å². The summed E-state index contributed by atoms with van der Waals surface area (Å²) in [6.07, 6.45) is -0.882. The molecule has 2 atom stereocenters. The first kappa shape index (κ1) is 7.88. The van der Waals surface area contributed by atoms with E-state index in [0.717, 1.165) is 0 Å². The van der Waals surface area contributed by atoms with Crippen LogP contribution in [-0.2, 0) is 0 Å². The third kappa shape index (κ3) is 1.78. The van der Waals surface area contributed by atoms with Gasteiger partial charge in [0.15, 0.2) is 0 Å². The largest absolute Gasteiger partial charge is 0.393 e. The van der Waals surface area contributed by atoms with Crippen LogP contribution in [0.25, 0.3) is 0 Å². The van der Waals surface area contributed by atoms with Crippen molar-refractivity contribution in [1.82, 2.24) is 0 Å². The lowest BCUT2D eigenvalue weighted by Crippen LogP contribution is -2.40. The highest BCUT2D eigenvalue weighted by atomic mass is 16.4. The van der Waals surface area contributed by atoms with Crippen LogP contribution in [0.3, 0.4) is 0 Å². The molecule has 3 N–H and O–H groups in total. The summed E-state index contributed by atoms with van der Waals surface area (Å²) in [6.45, 7) is 2.39. The molecule has 0 heterocycles. The zero-order chi connectivity index (χ0) is 6.78. The van der Waals surface area contributed by atoms with E-state index in [-0.39, 0.29) is 0 Å². The van der Waals surface area contributed by atoms with Crippen LogP contribution in [0.1, 0.15) is 13.8 Å². The van der Waals surface area contributed by atoms with E-state index in [0.29, 0.717) is 0 Å². The van der Waals surface area contributed by atoms with Crippen LogP contribution in [0.5, 0.6) is 0 Å². The van der Waals surface area contributed by atoms with Crippen molar-refractivity contribution in [2.24, 2.45) is 0 Å². The molecular formula is C5H12O3. The first-order chi connectivity index (χ1) is 3.50. The van der Waals surface area contributed by atoms with Gasteiger partial charge in [-0.3, -0.25) is 0 Å². The van der Waals surface area contributed by atoms with Crippen LogP contribution in [0.15, 0.2) is 0 Å². The predicted molar refractivity (Wildman–Crippen MR) is 29.4 cm³/mol. The second-order valence-corrected chi connectivity index (χ2v) is 2.19. The van der Waals surface area contributed by atoms with E-state index in [1.807, 2.05) is 0 Å². The van der Waals surface area contributed by atoms with Gasteiger partial charge in [0, 0.05) is 0 Å². The minimum atomic E-state index is -1.35. The molecule has 0 aliphatic heterocycles. The molecule has 0 radical (unpaired) electrons. The van der Waals surface area contributed by atoms with E-state index >= 15 is 0 Å². The summed E-state index contributed by atoms with van der Waals surface area (Å²) in [7, 11) is 0. The van der Waals surface area contributed by atoms with Crippen LogP contribution >= 0.6 is 0 Å². The Kier molecular flexibility index (Phi) is 2.40. The van der Waals surface area contributed by atoms with E-state index in [2.05, 4.69) is 0 Å². The number of hydrogen-bond donors (Lipinski definition) is 3. The van der Waals surface area contributed by atoms with Gasteiger partial charge in [-0.05, 0) is 13.8 Å². The van der Waals surface area contributed by atoms with Crippen molar-refractivity contribution >= 4 is 0 Å². The minimum absolute atomic E-state index is 0.412. The van der Waals surface area contributed by atoms with Gasteiger partial charge in [-0.2, -0.15) is 0 Å². The molecule has 0 aliphatic carbocycles. The van der Waals surface area contributed by atoms with Crippen LogP contribution in [0, 0.1) is 0 Å². The summed E-state index contributed by atoms with van der Waals surface area (Å²) in [5, 5.41) is 25.9. The van der Waals surface area contributed by atoms with E-state index in [9.17, 15) is 0 Å². The topological polar surface area (TPSA) is 60.7 Å². The Morgan fingerprint density at radius 2 is 2.00 bits per heavy atom. The Morgan fingerprint density at radius 1 is 1.62 bits per heavy atom. The number of aliphatic hydroxyl groups excluding tert-OH is 2. The van der Waals surface area contributed by atoms with Gasteiger partial charge in [0.2, 0.25) is 0 Å². The third-order valence-electron chi connectivity index (χ3n) is 1.22. The van der Waals surface area contributed by atoms with Crippen LogP contribution in [-0.4, -0.2) is 33.6 Å². The first-order valence-electron chi connectivity index (χ1n) is 2.52. The molecule has 0 aromatic carbocycles. The maximum atomic E-state index is 8.90. The normalized spacial score (nSPS) is 22.1. The van der Waals surface area contributed by atoms with E-state index in [1.165, 1.54) is 13.8 Å². The molecule has 3 nitrogen and oxygen atoms in total. The van der Waals surface area contributed by atoms with E-state index in [1.54, 1.807) is 0 Å². The van der Waals surface area contributed by atoms with Gasteiger partial charge < -0.3 is 15.3 Å². The molecule has 0 amide bonds. The molecule has 0 aromatic heterocycles. The summed E-state index contributed by atoms with van der Waals surface area (Å²) in [5.41, 5.74) is -1.35.